The molecule has 0 heterocycles. The van der Waals surface area contributed by atoms with Crippen molar-refractivity contribution in [3.05, 3.63) is 317 Å². The third kappa shape index (κ3) is 88.3. The van der Waals surface area contributed by atoms with Crippen LogP contribution in [0.25, 0.3) is 0 Å². The largest absolute Gasteiger partial charge is 0.488 e. The molecule has 0 unspecified atom stereocenters. The first-order valence-corrected chi connectivity index (χ1v) is 47.2. The van der Waals surface area contributed by atoms with E-state index >= 15 is 0 Å². The standard InChI is InChI=1S/C12H16N2O2.C12H16N2O.C11H16N2O.C10H12N2O2.C10H12N2O.2C10H14N2.C9H10N2O.C9H12N2.9C2H6/c1-10(13-14-12(15)16-2)8-9-11-6-4-3-5-7-11;1-10(13-14-11(2)15)8-9-12-6-4-3-5-7-12;1-10(12-13(2)3)9-14-11-7-5-4-6-8-11;1-8(11-12-10(13)14-2)9-6-4-3-5-7-9;1-8(11-12-9(2)13)10-6-4-3-5-7-10;1-9(11-12(2)3)10-7-5-4-6-8-10;1-9(12-11)7-8-10-5-3-2-4-6-10;1-7(11-10)9(12)8-5-3-2-4-6-8;1-8(11-10-2)9-6-4-3-5-7-9;9*1-2/h3-7H,8-9H2,1-2H3,(H,14,15);3-7H,8-9H2,1-2H3,(H,14,15);4-8H,9H2,1-3H3;3-7H,1-2H3,(H,12,13);3-7H,1-2H3,(H,12,13);4-8H,1-3H3;2-6H,7-8,11H2,1H3;2-6H,10H2,1H3;3-7,10H,1-2H3;9*1-2H3/b2*13-10-;12-10-;2*11-8-;11-9-;12-9-;11-7-;11-8-;;;;;;;;;. The number of hydrogen-bond donors (Lipinski definition) is 7. The predicted molar refractivity (Wildman–Crippen MR) is 593 cm³/mol. The minimum absolute atomic E-state index is 0.127. The fraction of sp³-hybridized carbons (Fsp3) is 0.387. The molecular formula is C111H176N18O8. The van der Waals surface area contributed by atoms with Gasteiger partial charge < -0.3 is 41.3 Å². The molecule has 0 radical (unpaired) electrons. The highest BCUT2D eigenvalue weighted by Gasteiger charge is 2.08. The van der Waals surface area contributed by atoms with Gasteiger partial charge in [-0.2, -0.15) is 45.9 Å². The summed E-state index contributed by atoms with van der Waals surface area (Å²) in [6.45, 7) is 56.3. The van der Waals surface area contributed by atoms with Crippen molar-refractivity contribution in [2.75, 3.05) is 56.1 Å². The Bertz CT molecular complexity index is 4560. The number of aryl methyl sites for hydroxylation is 3. The zero-order chi connectivity index (χ0) is 106. The molecule has 9 aromatic rings. The van der Waals surface area contributed by atoms with Crippen LogP contribution in [-0.4, -0.2) is 147 Å². The minimum atomic E-state index is -0.569. The second-order valence-electron chi connectivity index (χ2n) is 26.1. The van der Waals surface area contributed by atoms with Crippen LogP contribution in [0.3, 0.4) is 0 Å². The summed E-state index contributed by atoms with van der Waals surface area (Å²) in [5.74, 6) is 10.6. The lowest BCUT2D eigenvalue weighted by Crippen LogP contribution is -2.18. The highest BCUT2D eigenvalue weighted by molar-refractivity contribution is 6.45. The Balaban J connectivity index is -0.000000188. The molecule has 4 amide bonds. The first kappa shape index (κ1) is 141. The van der Waals surface area contributed by atoms with Crippen LogP contribution >= 0.6 is 0 Å². The van der Waals surface area contributed by atoms with E-state index in [9.17, 15) is 24.0 Å². The third-order valence-electron chi connectivity index (χ3n) is 15.4. The molecule has 0 aliphatic carbocycles. The van der Waals surface area contributed by atoms with Gasteiger partial charge in [-0.1, -0.05) is 385 Å². The van der Waals surface area contributed by atoms with Crippen molar-refractivity contribution >= 4 is 81.2 Å². The molecule has 137 heavy (non-hydrogen) atoms. The number of nitrogens with one attached hydrogen (secondary N) is 5. The monoisotopic (exact) mass is 1890 g/mol. The van der Waals surface area contributed by atoms with Crippen molar-refractivity contribution in [3.8, 4) is 5.75 Å². The normalized spacial score (nSPS) is 10.1. The van der Waals surface area contributed by atoms with Gasteiger partial charge in [0.2, 0.25) is 17.6 Å². The van der Waals surface area contributed by atoms with Gasteiger partial charge in [-0.3, -0.25) is 14.4 Å². The summed E-state index contributed by atoms with van der Waals surface area (Å²) in [5, 5.41) is 38.7. The second kappa shape index (κ2) is 106. The average molecular weight is 1890 g/mol. The molecule has 26 heteroatoms. The van der Waals surface area contributed by atoms with Gasteiger partial charge in [0.05, 0.1) is 42.8 Å². The van der Waals surface area contributed by atoms with E-state index in [0.717, 1.165) is 107 Å². The number of benzene rings is 9. The number of ketones is 1. The molecule has 0 saturated carbocycles. The number of hydrazone groups is 9. The van der Waals surface area contributed by atoms with Crippen molar-refractivity contribution in [2.45, 2.75) is 239 Å². The first-order valence-electron chi connectivity index (χ1n) is 47.2. The van der Waals surface area contributed by atoms with Gasteiger partial charge in [0, 0.05) is 71.8 Å². The van der Waals surface area contributed by atoms with E-state index in [0.29, 0.717) is 17.9 Å². The maximum absolute atomic E-state index is 11.4. The smallest absolute Gasteiger partial charge is 0.427 e. The van der Waals surface area contributed by atoms with Crippen LogP contribution in [0.2, 0.25) is 0 Å². The minimum Gasteiger partial charge on any atom is -0.488 e. The summed E-state index contributed by atoms with van der Waals surface area (Å²) in [7, 11) is 12.0. The lowest BCUT2D eigenvalue weighted by molar-refractivity contribution is -0.119. The predicted octanol–water partition coefficient (Wildman–Crippen LogP) is 25.8. The highest BCUT2D eigenvalue weighted by Crippen LogP contribution is 2.11. The Hall–Kier alpha value is -14.0. The molecule has 0 fully saturated rings. The Labute approximate surface area is 828 Å². The summed E-state index contributed by atoms with van der Waals surface area (Å²) >= 11 is 0. The maximum atomic E-state index is 11.4. The van der Waals surface area contributed by atoms with E-state index in [1.807, 2.05) is 413 Å². The van der Waals surface area contributed by atoms with Gasteiger partial charge in [0.15, 0.2) is 0 Å². The van der Waals surface area contributed by atoms with Crippen LogP contribution in [0.15, 0.2) is 319 Å². The quantitative estimate of drug-likeness (QED) is 0.0121. The van der Waals surface area contributed by atoms with Gasteiger partial charge >= 0.3 is 12.2 Å². The van der Waals surface area contributed by atoms with Crippen molar-refractivity contribution < 1.29 is 38.2 Å². The summed E-state index contributed by atoms with van der Waals surface area (Å²) in [5.41, 5.74) is 28.6. The molecule has 0 saturated heterocycles. The highest BCUT2D eigenvalue weighted by atomic mass is 16.5. The molecule has 0 aliphatic heterocycles. The number of ether oxygens (including phenoxy) is 3. The van der Waals surface area contributed by atoms with Crippen molar-refractivity contribution in [2.24, 2.45) is 57.6 Å². The van der Waals surface area contributed by atoms with Gasteiger partial charge in [0.1, 0.15) is 18.1 Å². The average Bonchev–Trinajstić information content (AvgIpc) is 0.874. The summed E-state index contributed by atoms with van der Waals surface area (Å²) < 4.78 is 14.3. The van der Waals surface area contributed by atoms with Crippen LogP contribution in [0.5, 0.6) is 5.75 Å². The molecule has 758 valence electrons. The Morgan fingerprint density at radius 1 is 0.292 bits per heavy atom. The lowest BCUT2D eigenvalue weighted by Gasteiger charge is -2.08. The topological polar surface area (TPSA) is 343 Å². The van der Waals surface area contributed by atoms with Crippen LogP contribution in [-0.2, 0) is 38.3 Å². The molecule has 0 atom stereocenters. The van der Waals surface area contributed by atoms with Crippen LogP contribution in [0.4, 0.5) is 9.59 Å². The van der Waals surface area contributed by atoms with Crippen LogP contribution < -0.4 is 43.6 Å². The number of para-hydroxylation sites is 1. The molecule has 9 rings (SSSR count). The Morgan fingerprint density at radius 3 is 0.818 bits per heavy atom. The van der Waals surface area contributed by atoms with Crippen molar-refractivity contribution in [3.63, 3.8) is 0 Å². The summed E-state index contributed by atoms with van der Waals surface area (Å²) in [6, 6.07) is 88.9. The molecule has 0 aliphatic rings. The zero-order valence-electron chi connectivity index (χ0n) is 90.3. The summed E-state index contributed by atoms with van der Waals surface area (Å²) in [4.78, 5) is 54.0. The molecule has 26 nitrogen and oxygen atoms in total. The zero-order valence-corrected chi connectivity index (χ0v) is 90.3. The molecule has 9 N–H and O–H groups in total. The van der Waals surface area contributed by atoms with E-state index in [-0.39, 0.29) is 17.6 Å². The van der Waals surface area contributed by atoms with Gasteiger partial charge in [-0.25, -0.2) is 31.3 Å². The Morgan fingerprint density at radius 2 is 0.540 bits per heavy atom. The fourth-order valence-corrected chi connectivity index (χ4v) is 9.15. The van der Waals surface area contributed by atoms with E-state index in [2.05, 4.69) is 131 Å². The number of nitrogens with two attached hydrogens (primary N) is 2. The number of rotatable bonds is 25. The fourth-order valence-electron chi connectivity index (χ4n) is 9.15. The van der Waals surface area contributed by atoms with E-state index in [1.165, 1.54) is 50.3 Å². The van der Waals surface area contributed by atoms with E-state index in [4.69, 9.17) is 16.4 Å². The molecular weight excluding hydrogens is 1710 g/mol. The molecule has 0 aromatic heterocycles. The number of carbonyl (C=O) groups excluding carboxylic acids is 5. The molecule has 9 aromatic carbocycles. The van der Waals surface area contributed by atoms with Crippen molar-refractivity contribution in [1.29, 1.82) is 0 Å². The number of nitrogens with zero attached hydrogens (tertiary/aromatic N) is 11. The number of hydrogen-bond acceptors (Lipinski definition) is 22. The van der Waals surface area contributed by atoms with Crippen molar-refractivity contribution in [1.82, 2.24) is 37.1 Å². The SMILES string of the molecule is C/C(=N/N(C)C)c1ccccc1.C/C(=N/N)C(=O)c1ccccc1.C/C(CCc1ccccc1)=N/N.C/C(COc1ccccc1)=N/N(C)C.CC.CC.CC.CC.CC.CC.CC.CC.CC.CC(=O)N/N=C(/C)CCc1ccccc1.CC(=O)N/N=C(/C)c1ccccc1.CN/N=C(/C)c1ccccc1.COC(=O)N/N=C(/C)CCc1ccccc1.COC(=O)N/N=C(/C)c1ccccc1. The maximum Gasteiger partial charge on any atom is 0.427 e. The number of carbonyl (C=O) groups is 5. The second-order valence-corrected chi connectivity index (χ2v) is 26.1. The Kier molecular flexibility index (Phi) is 109. The van der Waals surface area contributed by atoms with Gasteiger partial charge in [0.25, 0.3) is 0 Å². The number of methoxy groups -OCH3 is 2. The number of amides is 4. The van der Waals surface area contributed by atoms with Gasteiger partial charge in [-0.05, 0) is 152 Å². The first-order chi connectivity index (χ1) is 66.1. The molecule has 0 spiro atoms. The van der Waals surface area contributed by atoms with E-state index < -0.39 is 12.2 Å². The third-order valence-corrected chi connectivity index (χ3v) is 15.4. The summed E-state index contributed by atoms with van der Waals surface area (Å²) in [6.07, 6.45) is 4.40. The van der Waals surface area contributed by atoms with Gasteiger partial charge in [-0.15, -0.1) is 0 Å². The van der Waals surface area contributed by atoms with E-state index in [1.54, 1.807) is 43.2 Å². The lowest BCUT2D eigenvalue weighted by atomic mass is 10.1. The van der Waals surface area contributed by atoms with Crippen LogP contribution in [0, 0.1) is 0 Å². The number of Topliss-reactive ketones (excluding diaryl/α,β-unsaturated/α-hetero) is 1. The van der Waals surface area contributed by atoms with Crippen LogP contribution in [0.1, 0.15) is 269 Å². The molecule has 0 bridgehead atoms.